The van der Waals surface area contributed by atoms with E-state index in [1.165, 1.54) is 11.8 Å². The number of carboxylic acid groups (broad SMARTS) is 1. The molecule has 0 bridgehead atoms. The van der Waals surface area contributed by atoms with Crippen molar-refractivity contribution in [3.05, 3.63) is 0 Å². The van der Waals surface area contributed by atoms with Crippen molar-refractivity contribution in [1.82, 2.24) is 16.0 Å². The Kier molecular flexibility index (Phi) is 14.5. The zero-order valence-corrected chi connectivity index (χ0v) is 20.5. The van der Waals surface area contributed by atoms with E-state index in [1.807, 2.05) is 13.8 Å². The van der Waals surface area contributed by atoms with Crippen LogP contribution in [-0.4, -0.2) is 76.8 Å². The molecule has 5 amide bonds. The summed E-state index contributed by atoms with van der Waals surface area (Å²) in [6.07, 6.45) is 1.29. The summed E-state index contributed by atoms with van der Waals surface area (Å²) < 4.78 is 0. The Bertz CT molecular complexity index is 749. The first-order valence-corrected chi connectivity index (χ1v) is 12.1. The normalized spacial score (nSPS) is 14.4. The molecule has 0 saturated carbocycles. The van der Waals surface area contributed by atoms with Crippen LogP contribution >= 0.6 is 11.8 Å². The number of carbonyl (C=O) groups is 6. The molecule has 0 fully saturated rings. The maximum Gasteiger partial charge on any atom is 0.326 e. The fourth-order valence-corrected chi connectivity index (χ4v) is 3.36. The van der Waals surface area contributed by atoms with Gasteiger partial charge in [0.2, 0.25) is 29.5 Å². The molecule has 34 heavy (non-hydrogen) atoms. The molecule has 0 aliphatic heterocycles. The number of primary amides is 2. The van der Waals surface area contributed by atoms with Crippen LogP contribution in [-0.2, 0) is 28.8 Å². The highest BCUT2D eigenvalue weighted by atomic mass is 32.2. The third-order valence-electron chi connectivity index (χ3n) is 4.64. The lowest BCUT2D eigenvalue weighted by atomic mass is 10.0. The lowest BCUT2D eigenvalue weighted by Crippen LogP contribution is -2.57. The first kappa shape index (κ1) is 31.1. The number of hydrogen-bond acceptors (Lipinski definition) is 8. The average molecular weight is 505 g/mol. The van der Waals surface area contributed by atoms with E-state index in [2.05, 4.69) is 16.0 Å². The SMILES string of the molecule is CSCCC(NC(=O)C(CCC(N)=O)NC(=O)C(N)CC(N)=O)C(=O)NC(CC(C)C)C(=O)O. The van der Waals surface area contributed by atoms with E-state index >= 15 is 0 Å². The second kappa shape index (κ2) is 15.9. The van der Waals surface area contributed by atoms with E-state index in [0.29, 0.717) is 5.75 Å². The molecule has 4 unspecified atom stereocenters. The smallest absolute Gasteiger partial charge is 0.326 e. The predicted molar refractivity (Wildman–Crippen MR) is 126 cm³/mol. The van der Waals surface area contributed by atoms with Gasteiger partial charge in [-0.15, -0.1) is 0 Å². The molecule has 0 aromatic rings. The van der Waals surface area contributed by atoms with Crippen molar-refractivity contribution in [2.24, 2.45) is 23.1 Å². The topological polar surface area (TPSA) is 237 Å². The first-order chi connectivity index (χ1) is 15.8. The van der Waals surface area contributed by atoms with E-state index in [1.54, 1.807) is 6.26 Å². The molecule has 0 saturated heterocycles. The highest BCUT2D eigenvalue weighted by Crippen LogP contribution is 2.08. The first-order valence-electron chi connectivity index (χ1n) is 10.7. The molecular weight excluding hydrogens is 468 g/mol. The van der Waals surface area contributed by atoms with Crippen molar-refractivity contribution in [2.45, 2.75) is 70.1 Å². The molecule has 0 radical (unpaired) electrons. The van der Waals surface area contributed by atoms with Crippen LogP contribution in [0.5, 0.6) is 0 Å². The summed E-state index contributed by atoms with van der Waals surface area (Å²) in [5, 5.41) is 16.7. The molecule has 0 aliphatic carbocycles. The van der Waals surface area contributed by atoms with E-state index in [0.717, 1.165) is 0 Å². The third-order valence-corrected chi connectivity index (χ3v) is 5.28. The molecule has 0 aromatic heterocycles. The standard InChI is InChI=1S/C20H36N6O7S/c1-10(2)8-14(20(32)33)26-19(31)13(6-7-34-3)25-18(30)12(4-5-15(22)27)24-17(29)11(21)9-16(23)28/h10-14H,4-9,21H2,1-3H3,(H2,22,27)(H2,23,28)(H,24,29)(H,25,30)(H,26,31)(H,32,33). The van der Waals surface area contributed by atoms with Gasteiger partial charge in [0.1, 0.15) is 18.1 Å². The Hall–Kier alpha value is -2.87. The van der Waals surface area contributed by atoms with Crippen LogP contribution in [0.15, 0.2) is 0 Å². The second-order valence-corrected chi connectivity index (χ2v) is 9.20. The third kappa shape index (κ3) is 13.0. The average Bonchev–Trinajstić information content (AvgIpc) is 2.71. The summed E-state index contributed by atoms with van der Waals surface area (Å²) in [5.41, 5.74) is 15.8. The van der Waals surface area contributed by atoms with Gasteiger partial charge in [-0.25, -0.2) is 4.79 Å². The Morgan fingerprint density at radius 1 is 0.824 bits per heavy atom. The summed E-state index contributed by atoms with van der Waals surface area (Å²) in [6.45, 7) is 3.62. The number of rotatable bonds is 17. The van der Waals surface area contributed by atoms with Gasteiger partial charge in [0.05, 0.1) is 12.5 Å². The van der Waals surface area contributed by atoms with Crippen LogP contribution in [0, 0.1) is 5.92 Å². The van der Waals surface area contributed by atoms with Crippen LogP contribution < -0.4 is 33.2 Å². The molecule has 0 spiro atoms. The number of amides is 5. The Balaban J connectivity index is 5.53. The fourth-order valence-electron chi connectivity index (χ4n) is 2.89. The molecular formula is C20H36N6O7S. The van der Waals surface area contributed by atoms with Crippen LogP contribution in [0.1, 0.15) is 46.0 Å². The van der Waals surface area contributed by atoms with Gasteiger partial charge >= 0.3 is 5.97 Å². The molecule has 0 aromatic carbocycles. The molecule has 13 nitrogen and oxygen atoms in total. The van der Waals surface area contributed by atoms with Crippen molar-refractivity contribution in [1.29, 1.82) is 0 Å². The molecule has 194 valence electrons. The van der Waals surface area contributed by atoms with Crippen molar-refractivity contribution >= 4 is 47.3 Å². The Morgan fingerprint density at radius 3 is 1.76 bits per heavy atom. The summed E-state index contributed by atoms with van der Waals surface area (Å²) >= 11 is 1.41. The molecule has 10 N–H and O–H groups in total. The predicted octanol–water partition coefficient (Wildman–Crippen LogP) is -2.21. The summed E-state index contributed by atoms with van der Waals surface area (Å²) in [5.74, 6) is -4.60. The lowest BCUT2D eigenvalue weighted by Gasteiger charge is -2.25. The zero-order chi connectivity index (χ0) is 26.4. The molecule has 14 heteroatoms. The second-order valence-electron chi connectivity index (χ2n) is 8.21. The van der Waals surface area contributed by atoms with Gasteiger partial charge < -0.3 is 38.3 Å². The van der Waals surface area contributed by atoms with Gasteiger partial charge in [-0.3, -0.25) is 24.0 Å². The zero-order valence-electron chi connectivity index (χ0n) is 19.7. The quantitative estimate of drug-likeness (QED) is 0.113. The minimum atomic E-state index is -1.32. The van der Waals surface area contributed by atoms with E-state index in [4.69, 9.17) is 17.2 Å². The van der Waals surface area contributed by atoms with E-state index in [-0.39, 0.29) is 31.6 Å². The summed E-state index contributed by atoms with van der Waals surface area (Å²) in [7, 11) is 0. The van der Waals surface area contributed by atoms with Gasteiger partial charge in [0.15, 0.2) is 0 Å². The summed E-state index contributed by atoms with van der Waals surface area (Å²) in [6, 6.07) is -4.83. The minimum absolute atomic E-state index is 0.00126. The molecule has 0 aliphatic rings. The number of carboxylic acids is 1. The molecule has 0 rings (SSSR count). The van der Waals surface area contributed by atoms with Crippen LogP contribution in [0.4, 0.5) is 0 Å². The lowest BCUT2D eigenvalue weighted by molar-refractivity contribution is -0.142. The monoisotopic (exact) mass is 504 g/mol. The van der Waals surface area contributed by atoms with Gasteiger partial charge in [-0.05, 0) is 37.2 Å². The van der Waals surface area contributed by atoms with Gasteiger partial charge in [0.25, 0.3) is 0 Å². The Morgan fingerprint density at radius 2 is 1.32 bits per heavy atom. The van der Waals surface area contributed by atoms with Gasteiger partial charge in [-0.2, -0.15) is 11.8 Å². The van der Waals surface area contributed by atoms with Crippen molar-refractivity contribution in [2.75, 3.05) is 12.0 Å². The van der Waals surface area contributed by atoms with Gasteiger partial charge in [0, 0.05) is 6.42 Å². The van der Waals surface area contributed by atoms with Crippen molar-refractivity contribution in [3.8, 4) is 0 Å². The van der Waals surface area contributed by atoms with Crippen molar-refractivity contribution < 1.29 is 33.9 Å². The minimum Gasteiger partial charge on any atom is -0.480 e. The maximum atomic E-state index is 12.9. The highest BCUT2D eigenvalue weighted by Gasteiger charge is 2.30. The number of aliphatic carboxylic acids is 1. The largest absolute Gasteiger partial charge is 0.480 e. The number of carbonyl (C=O) groups excluding carboxylic acids is 5. The number of nitrogens with two attached hydrogens (primary N) is 3. The fraction of sp³-hybridized carbons (Fsp3) is 0.700. The summed E-state index contributed by atoms with van der Waals surface area (Å²) in [4.78, 5) is 71.7. The highest BCUT2D eigenvalue weighted by molar-refractivity contribution is 7.98. The Labute approximate surface area is 202 Å². The van der Waals surface area contributed by atoms with Crippen LogP contribution in [0.3, 0.4) is 0 Å². The van der Waals surface area contributed by atoms with Crippen molar-refractivity contribution in [3.63, 3.8) is 0 Å². The molecule has 0 heterocycles. The number of nitrogens with one attached hydrogen (secondary N) is 3. The van der Waals surface area contributed by atoms with E-state index < -0.39 is 66.1 Å². The van der Waals surface area contributed by atoms with E-state index in [9.17, 15) is 33.9 Å². The number of hydrogen-bond donors (Lipinski definition) is 7. The van der Waals surface area contributed by atoms with Gasteiger partial charge in [-0.1, -0.05) is 13.8 Å². The maximum absolute atomic E-state index is 12.9. The molecule has 4 atom stereocenters. The van der Waals surface area contributed by atoms with Crippen LogP contribution in [0.2, 0.25) is 0 Å². The number of thioether (sulfide) groups is 1. The van der Waals surface area contributed by atoms with Crippen LogP contribution in [0.25, 0.3) is 0 Å².